The molecule has 7 rings (SSSR count). The molecule has 4 bridgehead atoms. The van der Waals surface area contributed by atoms with E-state index in [1.54, 1.807) is 6.07 Å². The van der Waals surface area contributed by atoms with Gasteiger partial charge >= 0.3 is 0 Å². The van der Waals surface area contributed by atoms with Crippen LogP contribution < -0.4 is 10.2 Å². The third-order valence-electron chi connectivity index (χ3n) is 9.48. The average molecular weight is 503 g/mol. The van der Waals surface area contributed by atoms with Crippen LogP contribution in [0, 0.1) is 33.8 Å². The van der Waals surface area contributed by atoms with Gasteiger partial charge in [-0.05, 0) is 91.5 Å². The molecule has 4 saturated carbocycles. The second kappa shape index (κ2) is 9.66. The van der Waals surface area contributed by atoms with Crippen LogP contribution in [0.5, 0.6) is 0 Å². The molecule has 1 aliphatic heterocycles. The van der Waals surface area contributed by atoms with E-state index in [1.807, 2.05) is 41.3 Å². The van der Waals surface area contributed by atoms with Crippen LogP contribution in [0.3, 0.4) is 0 Å². The molecule has 4 aliphatic carbocycles. The lowest BCUT2D eigenvalue weighted by atomic mass is 9.54. The van der Waals surface area contributed by atoms with Crippen molar-refractivity contribution in [1.82, 2.24) is 4.90 Å². The summed E-state index contributed by atoms with van der Waals surface area (Å²) in [7, 11) is 0. The Morgan fingerprint density at radius 1 is 0.919 bits per heavy atom. The first-order chi connectivity index (χ1) is 17.9. The maximum absolute atomic E-state index is 13.1. The topological polar surface area (TPSA) is 78.7 Å². The zero-order chi connectivity index (χ0) is 25.7. The van der Waals surface area contributed by atoms with E-state index < -0.39 is 0 Å². The number of piperazine rings is 1. The summed E-state index contributed by atoms with van der Waals surface area (Å²) in [5, 5.41) is 15.6. The SMILES string of the molecule is CC(C)c1ccc(C(=O)N2CCN(c3ccc([N+](=O)[O-])c(NC4C5CC6CC(C5)CC4C6)c3)CC2)cc1. The van der Waals surface area contributed by atoms with Gasteiger partial charge in [0.25, 0.3) is 11.6 Å². The van der Waals surface area contributed by atoms with E-state index in [1.165, 1.54) is 37.7 Å². The molecule has 0 radical (unpaired) electrons. The van der Waals surface area contributed by atoms with Crippen LogP contribution in [0.25, 0.3) is 0 Å². The second-order valence-corrected chi connectivity index (χ2v) is 12.1. The van der Waals surface area contributed by atoms with Crippen LogP contribution in [0.4, 0.5) is 17.1 Å². The van der Waals surface area contributed by atoms with Crippen LogP contribution in [-0.2, 0) is 0 Å². The number of nitro benzene ring substituents is 1. The standard InChI is InChI=1S/C30H38N4O3/c1-19(2)22-3-5-23(6-4-22)30(35)33-11-9-32(10-12-33)26-7-8-28(34(36)37)27(18-26)31-29-24-14-20-13-21(16-24)17-25(29)15-20/h3-8,18-21,24-25,29,31H,9-17H2,1-2H3. The highest BCUT2D eigenvalue weighted by Crippen LogP contribution is 2.54. The lowest BCUT2D eigenvalue weighted by Gasteiger charge is -2.54. The fraction of sp³-hybridized carbons (Fsp3) is 0.567. The summed E-state index contributed by atoms with van der Waals surface area (Å²) in [4.78, 5) is 28.8. The molecule has 196 valence electrons. The molecule has 7 heteroatoms. The van der Waals surface area contributed by atoms with Gasteiger partial charge in [-0.25, -0.2) is 0 Å². The monoisotopic (exact) mass is 502 g/mol. The molecule has 5 aliphatic rings. The van der Waals surface area contributed by atoms with E-state index in [-0.39, 0.29) is 16.5 Å². The molecule has 0 unspecified atom stereocenters. The maximum Gasteiger partial charge on any atom is 0.292 e. The number of hydrogen-bond acceptors (Lipinski definition) is 5. The first-order valence-electron chi connectivity index (χ1n) is 14.0. The molecule has 1 N–H and O–H groups in total. The summed E-state index contributed by atoms with van der Waals surface area (Å²) >= 11 is 0. The van der Waals surface area contributed by atoms with Crippen molar-refractivity contribution >= 4 is 23.0 Å². The normalized spacial score (nSPS) is 28.6. The van der Waals surface area contributed by atoms with Gasteiger partial charge in [0.1, 0.15) is 5.69 Å². The molecule has 1 heterocycles. The Hall–Kier alpha value is -3.09. The van der Waals surface area contributed by atoms with E-state index >= 15 is 0 Å². The third kappa shape index (κ3) is 4.69. The fourth-order valence-electron chi connectivity index (χ4n) is 7.70. The van der Waals surface area contributed by atoms with Crippen molar-refractivity contribution in [3.8, 4) is 0 Å². The maximum atomic E-state index is 13.1. The van der Waals surface area contributed by atoms with Gasteiger partial charge in [-0.2, -0.15) is 0 Å². The van der Waals surface area contributed by atoms with Crippen molar-refractivity contribution in [2.45, 2.75) is 57.9 Å². The van der Waals surface area contributed by atoms with Crippen molar-refractivity contribution < 1.29 is 9.72 Å². The minimum absolute atomic E-state index is 0.0721. The minimum Gasteiger partial charge on any atom is -0.376 e. The van der Waals surface area contributed by atoms with E-state index in [0.29, 0.717) is 55.7 Å². The molecule has 0 spiro atoms. The van der Waals surface area contributed by atoms with Crippen molar-refractivity contribution in [3.05, 3.63) is 63.7 Å². The number of rotatable bonds is 6. The van der Waals surface area contributed by atoms with Gasteiger partial charge in [0.05, 0.1) is 4.92 Å². The molecule has 1 amide bonds. The fourth-order valence-corrected chi connectivity index (χ4v) is 7.70. The summed E-state index contributed by atoms with van der Waals surface area (Å²) < 4.78 is 0. The van der Waals surface area contributed by atoms with Crippen LogP contribution in [0.15, 0.2) is 42.5 Å². The van der Waals surface area contributed by atoms with Gasteiger partial charge in [-0.1, -0.05) is 26.0 Å². The first kappa shape index (κ1) is 24.3. The Balaban J connectivity index is 1.14. The van der Waals surface area contributed by atoms with Gasteiger partial charge in [0.2, 0.25) is 0 Å². The number of hydrogen-bond donors (Lipinski definition) is 1. The molecule has 0 aromatic heterocycles. The van der Waals surface area contributed by atoms with Gasteiger partial charge in [0.15, 0.2) is 0 Å². The highest BCUT2D eigenvalue weighted by Gasteiger charge is 2.48. The van der Waals surface area contributed by atoms with Gasteiger partial charge < -0.3 is 15.1 Å². The van der Waals surface area contributed by atoms with Crippen molar-refractivity contribution in [2.24, 2.45) is 23.7 Å². The number of nitrogens with zero attached hydrogens (tertiary/aromatic N) is 3. The molecule has 7 nitrogen and oxygen atoms in total. The predicted molar refractivity (Wildman–Crippen MR) is 146 cm³/mol. The molecule has 1 saturated heterocycles. The number of carbonyl (C=O) groups is 1. The van der Waals surface area contributed by atoms with Gasteiger partial charge in [-0.15, -0.1) is 0 Å². The summed E-state index contributed by atoms with van der Waals surface area (Å²) in [6.07, 6.45) is 6.48. The van der Waals surface area contributed by atoms with E-state index in [0.717, 1.165) is 23.1 Å². The summed E-state index contributed by atoms with van der Waals surface area (Å²) in [5.41, 5.74) is 3.78. The predicted octanol–water partition coefficient (Wildman–Crippen LogP) is 5.92. The van der Waals surface area contributed by atoms with E-state index in [2.05, 4.69) is 24.1 Å². The molecule has 2 aromatic carbocycles. The van der Waals surface area contributed by atoms with Crippen molar-refractivity contribution in [3.63, 3.8) is 0 Å². The third-order valence-corrected chi connectivity index (χ3v) is 9.48. The summed E-state index contributed by atoms with van der Waals surface area (Å²) in [5.74, 6) is 3.54. The van der Waals surface area contributed by atoms with Crippen molar-refractivity contribution in [2.75, 3.05) is 36.4 Å². The van der Waals surface area contributed by atoms with Gasteiger partial charge in [0, 0.05) is 49.5 Å². The van der Waals surface area contributed by atoms with Crippen LogP contribution in [-0.4, -0.2) is 48.0 Å². The van der Waals surface area contributed by atoms with Crippen LogP contribution in [0.2, 0.25) is 0 Å². The Labute approximate surface area is 219 Å². The number of anilines is 2. The Morgan fingerprint density at radius 2 is 1.54 bits per heavy atom. The molecular weight excluding hydrogens is 464 g/mol. The summed E-state index contributed by atoms with van der Waals surface area (Å²) in [6.45, 7) is 7.01. The molecule has 2 aromatic rings. The van der Waals surface area contributed by atoms with E-state index in [4.69, 9.17) is 0 Å². The number of amides is 1. The highest BCUT2D eigenvalue weighted by atomic mass is 16.6. The molecule has 0 atom stereocenters. The van der Waals surface area contributed by atoms with E-state index in [9.17, 15) is 14.9 Å². The lowest BCUT2D eigenvalue weighted by molar-refractivity contribution is -0.384. The smallest absolute Gasteiger partial charge is 0.292 e. The molecular formula is C30H38N4O3. The first-order valence-corrected chi connectivity index (χ1v) is 14.0. The van der Waals surface area contributed by atoms with Crippen LogP contribution in [0.1, 0.15) is 67.8 Å². The Kier molecular flexibility index (Phi) is 6.33. The van der Waals surface area contributed by atoms with Crippen molar-refractivity contribution in [1.29, 1.82) is 0 Å². The lowest BCUT2D eigenvalue weighted by Crippen LogP contribution is -2.51. The number of nitro groups is 1. The largest absolute Gasteiger partial charge is 0.376 e. The average Bonchev–Trinajstić information content (AvgIpc) is 2.90. The Morgan fingerprint density at radius 3 is 2.11 bits per heavy atom. The summed E-state index contributed by atoms with van der Waals surface area (Å²) in [6, 6.07) is 13.8. The Bertz CT molecular complexity index is 1140. The van der Waals surface area contributed by atoms with Gasteiger partial charge in [-0.3, -0.25) is 14.9 Å². The minimum atomic E-state index is -0.261. The number of carbonyl (C=O) groups excluding carboxylic acids is 1. The zero-order valence-corrected chi connectivity index (χ0v) is 21.9. The number of nitrogens with one attached hydrogen (secondary N) is 1. The van der Waals surface area contributed by atoms with Crippen LogP contribution >= 0.6 is 0 Å². The number of benzene rings is 2. The molecule has 5 fully saturated rings. The quantitative estimate of drug-likeness (QED) is 0.392. The zero-order valence-electron chi connectivity index (χ0n) is 21.9. The highest BCUT2D eigenvalue weighted by molar-refractivity contribution is 5.94. The molecule has 37 heavy (non-hydrogen) atoms. The second-order valence-electron chi connectivity index (χ2n) is 12.1.